The van der Waals surface area contributed by atoms with Crippen LogP contribution in [0.2, 0.25) is 0 Å². The summed E-state index contributed by atoms with van der Waals surface area (Å²) in [5.74, 6) is 1.48. The number of benzene rings is 2. The van der Waals surface area contributed by atoms with Crippen LogP contribution in [0.15, 0.2) is 60.7 Å². The van der Waals surface area contributed by atoms with Crippen molar-refractivity contribution in [3.8, 4) is 22.9 Å². The van der Waals surface area contributed by atoms with Crippen molar-refractivity contribution in [3.63, 3.8) is 0 Å². The second kappa shape index (κ2) is 8.39. The van der Waals surface area contributed by atoms with Gasteiger partial charge >= 0.3 is 0 Å². The summed E-state index contributed by atoms with van der Waals surface area (Å²) in [6.07, 6.45) is 0. The van der Waals surface area contributed by atoms with Gasteiger partial charge in [-0.25, -0.2) is 4.98 Å². The highest BCUT2D eigenvalue weighted by Gasteiger charge is 2.07. The molecule has 1 aromatic heterocycles. The van der Waals surface area contributed by atoms with Crippen LogP contribution in [0.4, 0.5) is 5.69 Å². The van der Waals surface area contributed by atoms with Gasteiger partial charge in [0.15, 0.2) is 0 Å². The Balaban J connectivity index is 1.76. The van der Waals surface area contributed by atoms with Crippen LogP contribution in [-0.4, -0.2) is 18.6 Å². The first-order valence-electron chi connectivity index (χ1n) is 8.80. The van der Waals surface area contributed by atoms with Crippen molar-refractivity contribution >= 4 is 5.69 Å². The third-order valence-corrected chi connectivity index (χ3v) is 4.23. The molecule has 0 aliphatic carbocycles. The molecule has 0 spiro atoms. The van der Waals surface area contributed by atoms with E-state index in [4.69, 9.17) is 9.47 Å². The molecule has 0 atom stereocenters. The molecule has 1 N–H and O–H groups in total. The van der Waals surface area contributed by atoms with Crippen molar-refractivity contribution in [2.45, 2.75) is 20.5 Å². The first-order chi connectivity index (χ1) is 12.7. The summed E-state index contributed by atoms with van der Waals surface area (Å²) >= 11 is 0. The highest BCUT2D eigenvalue weighted by molar-refractivity contribution is 5.60. The molecule has 3 aromatic rings. The monoisotopic (exact) mass is 348 g/mol. The molecule has 0 amide bonds. The van der Waals surface area contributed by atoms with E-state index < -0.39 is 0 Å². The molecule has 0 fully saturated rings. The van der Waals surface area contributed by atoms with E-state index in [2.05, 4.69) is 29.4 Å². The van der Waals surface area contributed by atoms with Crippen LogP contribution < -0.4 is 14.8 Å². The summed E-state index contributed by atoms with van der Waals surface area (Å²) in [5.41, 5.74) is 5.32. The van der Waals surface area contributed by atoms with E-state index in [-0.39, 0.29) is 0 Å². The number of pyridine rings is 1. The Hall–Kier alpha value is -3.01. The molecule has 0 bridgehead atoms. The number of hydrogen-bond donors (Lipinski definition) is 1. The molecule has 26 heavy (non-hydrogen) atoms. The average Bonchev–Trinajstić information content (AvgIpc) is 2.68. The number of rotatable bonds is 7. The molecule has 0 radical (unpaired) electrons. The summed E-state index contributed by atoms with van der Waals surface area (Å²) in [7, 11) is 1.92. The summed E-state index contributed by atoms with van der Waals surface area (Å²) in [6.45, 7) is 5.20. The molecule has 0 saturated heterocycles. The molecule has 4 heteroatoms. The zero-order valence-corrected chi connectivity index (χ0v) is 15.5. The van der Waals surface area contributed by atoms with Crippen LogP contribution >= 0.6 is 0 Å². The maximum Gasteiger partial charge on any atom is 0.214 e. The minimum absolute atomic E-state index is 0.475. The van der Waals surface area contributed by atoms with Crippen molar-refractivity contribution in [1.82, 2.24) is 4.98 Å². The van der Waals surface area contributed by atoms with Crippen molar-refractivity contribution in [1.29, 1.82) is 0 Å². The number of nitrogens with zero attached hydrogens (tertiary/aromatic N) is 1. The molecular weight excluding hydrogens is 324 g/mol. The second-order valence-electron chi connectivity index (χ2n) is 5.96. The lowest BCUT2D eigenvalue weighted by atomic mass is 10.1. The summed E-state index contributed by atoms with van der Waals surface area (Å²) < 4.78 is 11.5. The fourth-order valence-corrected chi connectivity index (χ4v) is 2.82. The molecule has 3 rings (SSSR count). The minimum atomic E-state index is 0.475. The normalized spacial score (nSPS) is 10.4. The largest absolute Gasteiger partial charge is 0.494 e. The zero-order chi connectivity index (χ0) is 18.4. The Labute approximate surface area is 154 Å². The van der Waals surface area contributed by atoms with Gasteiger partial charge in [-0.05, 0) is 55.8 Å². The molecule has 134 valence electrons. The van der Waals surface area contributed by atoms with E-state index >= 15 is 0 Å². The van der Waals surface area contributed by atoms with Crippen LogP contribution in [0.25, 0.3) is 11.3 Å². The smallest absolute Gasteiger partial charge is 0.214 e. The predicted molar refractivity (Wildman–Crippen MR) is 106 cm³/mol. The molecular formula is C22H24N2O2. The van der Waals surface area contributed by atoms with Crippen LogP contribution in [-0.2, 0) is 6.61 Å². The Morgan fingerprint density at radius 3 is 2.42 bits per heavy atom. The van der Waals surface area contributed by atoms with Crippen molar-refractivity contribution < 1.29 is 9.47 Å². The summed E-state index contributed by atoms with van der Waals surface area (Å²) in [5, 5.41) is 3.21. The van der Waals surface area contributed by atoms with Gasteiger partial charge in [0.1, 0.15) is 12.4 Å². The lowest BCUT2D eigenvalue weighted by molar-refractivity contribution is 0.294. The number of nitrogens with one attached hydrogen (secondary N) is 1. The Bertz CT molecular complexity index is 860. The van der Waals surface area contributed by atoms with E-state index in [1.54, 1.807) is 0 Å². The maximum absolute atomic E-state index is 5.96. The third kappa shape index (κ3) is 4.14. The van der Waals surface area contributed by atoms with Gasteiger partial charge in [0, 0.05) is 29.9 Å². The number of ether oxygens (including phenoxy) is 2. The van der Waals surface area contributed by atoms with Gasteiger partial charge in [-0.15, -0.1) is 0 Å². The first-order valence-corrected chi connectivity index (χ1v) is 8.80. The van der Waals surface area contributed by atoms with Crippen molar-refractivity contribution in [2.24, 2.45) is 0 Å². The van der Waals surface area contributed by atoms with Crippen LogP contribution in [0.3, 0.4) is 0 Å². The molecule has 0 aliphatic rings. The lowest BCUT2D eigenvalue weighted by Gasteiger charge is -2.13. The third-order valence-electron chi connectivity index (χ3n) is 4.23. The molecule has 0 aliphatic heterocycles. The van der Waals surface area contributed by atoms with E-state index in [1.807, 2.05) is 62.5 Å². The SMILES string of the molecule is CCOc1ccc(-c2cccc(OCc3c(C)cccc3NC)n2)cc1. The van der Waals surface area contributed by atoms with Crippen LogP contribution in [0.5, 0.6) is 11.6 Å². The van der Waals surface area contributed by atoms with Gasteiger partial charge in [-0.3, -0.25) is 0 Å². The summed E-state index contributed by atoms with van der Waals surface area (Å²) in [6, 6.07) is 19.9. The lowest BCUT2D eigenvalue weighted by Crippen LogP contribution is -2.04. The Morgan fingerprint density at radius 2 is 1.69 bits per heavy atom. The van der Waals surface area contributed by atoms with E-state index in [0.29, 0.717) is 19.1 Å². The van der Waals surface area contributed by atoms with E-state index in [0.717, 1.165) is 28.3 Å². The van der Waals surface area contributed by atoms with E-state index in [9.17, 15) is 0 Å². The standard InChI is InChI=1S/C22H24N2O2/c1-4-25-18-13-11-17(12-14-18)20-8-6-10-22(24-20)26-15-19-16(2)7-5-9-21(19)23-3/h5-14,23H,4,15H2,1-3H3. The predicted octanol–water partition coefficient (Wildman–Crippen LogP) is 5.08. The fraction of sp³-hybridized carbons (Fsp3) is 0.227. The van der Waals surface area contributed by atoms with Gasteiger partial charge in [0.2, 0.25) is 5.88 Å². The van der Waals surface area contributed by atoms with Crippen LogP contribution in [0.1, 0.15) is 18.1 Å². The fourth-order valence-electron chi connectivity index (χ4n) is 2.82. The van der Waals surface area contributed by atoms with Gasteiger partial charge in [-0.2, -0.15) is 0 Å². The molecule has 1 heterocycles. The van der Waals surface area contributed by atoms with Crippen molar-refractivity contribution in [2.75, 3.05) is 19.0 Å². The second-order valence-corrected chi connectivity index (χ2v) is 5.96. The number of aryl methyl sites for hydroxylation is 1. The number of hydrogen-bond acceptors (Lipinski definition) is 4. The maximum atomic E-state index is 5.96. The Morgan fingerprint density at radius 1 is 0.923 bits per heavy atom. The van der Waals surface area contributed by atoms with Gasteiger partial charge in [0.25, 0.3) is 0 Å². The average molecular weight is 348 g/mol. The number of aromatic nitrogens is 1. The molecule has 4 nitrogen and oxygen atoms in total. The Kier molecular flexibility index (Phi) is 5.74. The summed E-state index contributed by atoms with van der Waals surface area (Å²) in [4.78, 5) is 4.64. The first kappa shape index (κ1) is 17.8. The quantitative estimate of drug-likeness (QED) is 0.647. The molecule has 0 unspecified atom stereocenters. The minimum Gasteiger partial charge on any atom is -0.494 e. The topological polar surface area (TPSA) is 43.4 Å². The zero-order valence-electron chi connectivity index (χ0n) is 15.5. The van der Waals surface area contributed by atoms with E-state index in [1.165, 1.54) is 5.56 Å². The highest BCUT2D eigenvalue weighted by atomic mass is 16.5. The van der Waals surface area contributed by atoms with Crippen molar-refractivity contribution in [3.05, 3.63) is 71.8 Å². The van der Waals surface area contributed by atoms with Crippen LogP contribution in [0, 0.1) is 6.92 Å². The highest BCUT2D eigenvalue weighted by Crippen LogP contribution is 2.24. The van der Waals surface area contributed by atoms with Gasteiger partial charge < -0.3 is 14.8 Å². The molecule has 2 aromatic carbocycles. The molecule has 0 saturated carbocycles. The van der Waals surface area contributed by atoms with Gasteiger partial charge in [0.05, 0.1) is 12.3 Å². The number of anilines is 1. The van der Waals surface area contributed by atoms with Gasteiger partial charge in [-0.1, -0.05) is 18.2 Å².